The van der Waals surface area contributed by atoms with E-state index >= 15 is 4.39 Å². The van der Waals surface area contributed by atoms with Crippen molar-refractivity contribution in [2.45, 2.75) is 49.1 Å². The topological polar surface area (TPSA) is 78.9 Å². The highest BCUT2D eigenvalue weighted by Gasteiger charge is 2.47. The fourth-order valence-electron chi connectivity index (χ4n) is 7.11. The summed E-state index contributed by atoms with van der Waals surface area (Å²) in [6.45, 7) is -0.625. The molecule has 5 aromatic carbocycles. The summed E-state index contributed by atoms with van der Waals surface area (Å²) in [6.07, 6.45) is -19.0. The summed E-state index contributed by atoms with van der Waals surface area (Å²) in [5.74, 6) is -5.65. The number of benzene rings is 5. The van der Waals surface area contributed by atoms with Crippen molar-refractivity contribution in [3.63, 3.8) is 0 Å². The average molecular weight is 787 g/mol. The molecular formula is C41H31F9N2O4. The van der Waals surface area contributed by atoms with E-state index in [4.69, 9.17) is 0 Å². The van der Waals surface area contributed by atoms with Gasteiger partial charge in [0.25, 0.3) is 0 Å². The fraction of sp³-hybridized carbons (Fsp3) is 0.220. The number of amides is 2. The number of ether oxygens (including phenoxy) is 1. The molecule has 0 unspecified atom stereocenters. The maximum Gasteiger partial charge on any atom is 0.461 e. The summed E-state index contributed by atoms with van der Waals surface area (Å²) < 4.78 is 132. The molecule has 0 saturated carbocycles. The Morgan fingerprint density at radius 3 is 1.86 bits per heavy atom. The highest BCUT2D eigenvalue weighted by Crippen LogP contribution is 2.46. The van der Waals surface area contributed by atoms with Gasteiger partial charge in [0.2, 0.25) is 5.91 Å². The predicted octanol–water partition coefficient (Wildman–Crippen LogP) is 9.92. The monoisotopic (exact) mass is 786 g/mol. The van der Waals surface area contributed by atoms with Crippen molar-refractivity contribution in [1.82, 2.24) is 10.2 Å². The maximum atomic E-state index is 15.4. The third-order valence-corrected chi connectivity index (χ3v) is 9.55. The lowest BCUT2D eigenvalue weighted by Crippen LogP contribution is -2.58. The molecule has 5 aromatic rings. The van der Waals surface area contributed by atoms with Crippen molar-refractivity contribution in [3.8, 4) is 16.9 Å². The summed E-state index contributed by atoms with van der Waals surface area (Å²) in [5, 5.41) is 13.0. The Hall–Kier alpha value is -5.99. The summed E-state index contributed by atoms with van der Waals surface area (Å²) in [5.41, 5.74) is 0.0423. The minimum atomic E-state index is -5.14. The first kappa shape index (κ1) is 39.7. The number of nitrogens with zero attached hydrogens (tertiary/aromatic N) is 1. The molecule has 2 amide bonds. The van der Waals surface area contributed by atoms with Gasteiger partial charge in [-0.1, -0.05) is 91.0 Å². The van der Waals surface area contributed by atoms with Crippen LogP contribution < -0.4 is 10.1 Å². The fourth-order valence-corrected chi connectivity index (χ4v) is 7.11. The van der Waals surface area contributed by atoms with Gasteiger partial charge in [0.15, 0.2) is 0 Å². The van der Waals surface area contributed by atoms with Crippen LogP contribution in [0.25, 0.3) is 11.1 Å². The Labute approximate surface area is 314 Å². The third-order valence-electron chi connectivity index (χ3n) is 9.55. The third kappa shape index (κ3) is 8.46. The zero-order valence-corrected chi connectivity index (χ0v) is 28.9. The second kappa shape index (κ2) is 15.6. The van der Waals surface area contributed by atoms with Crippen LogP contribution in [0.5, 0.6) is 5.75 Å². The van der Waals surface area contributed by atoms with Gasteiger partial charge in [-0.15, -0.1) is 0 Å². The quantitative estimate of drug-likeness (QED) is 0.117. The van der Waals surface area contributed by atoms with Crippen molar-refractivity contribution < 1.29 is 58.9 Å². The number of halogens is 9. The number of fused-ring (bicyclic) bond motifs is 3. The summed E-state index contributed by atoms with van der Waals surface area (Å²) in [4.78, 5) is 28.0. The van der Waals surface area contributed by atoms with Crippen molar-refractivity contribution in [2.75, 3.05) is 6.54 Å². The van der Waals surface area contributed by atoms with Crippen LogP contribution in [0.3, 0.4) is 0 Å². The Morgan fingerprint density at radius 1 is 0.732 bits per heavy atom. The molecule has 6 nitrogen and oxygen atoms in total. The molecule has 0 radical (unpaired) electrons. The number of nitrogens with one attached hydrogen (secondary N) is 1. The van der Waals surface area contributed by atoms with Crippen molar-refractivity contribution in [1.29, 1.82) is 0 Å². The standard InChI is InChI=1S/C41H31F9N2O4/c42-27-16-14-25(15-17-27)39(21-24-8-2-1-3-9-24,26-18-28(43)20-29(19-26)56-41(49,50)37(44)45)51-36(53)35(22-40(46,47)48)52(38(54)55)23-34-32-12-6-4-10-30(32)31-11-5-7-13-33(31)34/h1-20,34-35,37H,21-23H2,(H,51,53)(H,54,55)/t35-,39+/m0/s1. The van der Waals surface area contributed by atoms with E-state index in [-0.39, 0.29) is 5.56 Å². The molecule has 0 aromatic heterocycles. The molecule has 0 fully saturated rings. The van der Waals surface area contributed by atoms with E-state index in [0.29, 0.717) is 39.8 Å². The molecule has 2 atom stereocenters. The van der Waals surface area contributed by atoms with Crippen LogP contribution in [-0.2, 0) is 16.8 Å². The minimum Gasteiger partial charge on any atom is -0.465 e. The smallest absolute Gasteiger partial charge is 0.461 e. The van der Waals surface area contributed by atoms with E-state index in [1.807, 2.05) is 0 Å². The lowest BCUT2D eigenvalue weighted by Gasteiger charge is -2.40. The first-order valence-corrected chi connectivity index (χ1v) is 17.0. The van der Waals surface area contributed by atoms with Crippen LogP contribution in [-0.4, -0.2) is 53.3 Å². The second-order valence-electron chi connectivity index (χ2n) is 13.2. The van der Waals surface area contributed by atoms with Crippen molar-refractivity contribution >= 4 is 12.0 Å². The molecule has 6 rings (SSSR count). The number of alkyl halides is 7. The lowest BCUT2D eigenvalue weighted by atomic mass is 9.77. The molecule has 0 bridgehead atoms. The Balaban J connectivity index is 1.51. The van der Waals surface area contributed by atoms with Gasteiger partial charge < -0.3 is 15.2 Å². The van der Waals surface area contributed by atoms with Gasteiger partial charge in [-0.2, -0.15) is 30.7 Å². The average Bonchev–Trinajstić information content (AvgIpc) is 3.45. The van der Waals surface area contributed by atoms with E-state index in [2.05, 4.69) is 10.1 Å². The van der Waals surface area contributed by atoms with Gasteiger partial charge in [0, 0.05) is 24.9 Å². The Kier molecular flexibility index (Phi) is 11.1. The van der Waals surface area contributed by atoms with E-state index in [0.717, 1.165) is 35.4 Å². The number of carbonyl (C=O) groups excluding carboxylic acids is 1. The second-order valence-corrected chi connectivity index (χ2v) is 13.2. The van der Waals surface area contributed by atoms with Crippen molar-refractivity contribution in [3.05, 3.63) is 161 Å². The minimum absolute atomic E-state index is 0.125. The zero-order valence-electron chi connectivity index (χ0n) is 28.9. The predicted molar refractivity (Wildman–Crippen MR) is 186 cm³/mol. The van der Waals surface area contributed by atoms with Crippen LogP contribution in [0.2, 0.25) is 0 Å². The highest BCUT2D eigenvalue weighted by atomic mass is 19.4. The van der Waals surface area contributed by atoms with Crippen LogP contribution >= 0.6 is 0 Å². The number of hydrogen-bond acceptors (Lipinski definition) is 3. The number of carboxylic acid groups (broad SMARTS) is 1. The molecule has 2 N–H and O–H groups in total. The Morgan fingerprint density at radius 2 is 1.30 bits per heavy atom. The molecule has 292 valence electrons. The first-order valence-electron chi connectivity index (χ1n) is 17.0. The zero-order chi connectivity index (χ0) is 40.4. The molecule has 1 aliphatic rings. The summed E-state index contributed by atoms with van der Waals surface area (Å²) >= 11 is 0. The van der Waals surface area contributed by atoms with E-state index in [9.17, 15) is 49.8 Å². The Bertz CT molecular complexity index is 2150. The number of rotatable bonds is 13. The van der Waals surface area contributed by atoms with Gasteiger partial charge in [-0.05, 0) is 63.2 Å². The van der Waals surface area contributed by atoms with E-state index in [1.54, 1.807) is 66.7 Å². The lowest BCUT2D eigenvalue weighted by molar-refractivity contribution is -0.253. The number of carbonyl (C=O) groups is 2. The molecule has 0 spiro atoms. The molecule has 1 aliphatic carbocycles. The van der Waals surface area contributed by atoms with Crippen LogP contribution in [0.15, 0.2) is 121 Å². The van der Waals surface area contributed by atoms with Gasteiger partial charge >= 0.3 is 24.8 Å². The van der Waals surface area contributed by atoms with E-state index in [1.165, 1.54) is 12.1 Å². The molecule has 15 heteroatoms. The molecule has 0 aliphatic heterocycles. The van der Waals surface area contributed by atoms with Crippen LogP contribution in [0.4, 0.5) is 44.3 Å². The molecule has 0 heterocycles. The largest absolute Gasteiger partial charge is 0.465 e. The summed E-state index contributed by atoms with van der Waals surface area (Å²) in [7, 11) is 0. The van der Waals surface area contributed by atoms with Crippen LogP contribution in [0.1, 0.15) is 40.2 Å². The van der Waals surface area contributed by atoms with Gasteiger partial charge in [-0.25, -0.2) is 13.6 Å². The first-order chi connectivity index (χ1) is 26.5. The highest BCUT2D eigenvalue weighted by molar-refractivity contribution is 5.87. The number of hydrogen-bond donors (Lipinski definition) is 2. The summed E-state index contributed by atoms with van der Waals surface area (Å²) in [6, 6.07) is 24.8. The van der Waals surface area contributed by atoms with E-state index < -0.39 is 90.5 Å². The van der Waals surface area contributed by atoms with Gasteiger partial charge in [-0.3, -0.25) is 9.69 Å². The van der Waals surface area contributed by atoms with Crippen molar-refractivity contribution in [2.24, 2.45) is 0 Å². The SMILES string of the molecule is O=C(N[C@](Cc1ccccc1)(c1ccc(F)cc1)c1cc(F)cc(OC(F)(F)C(F)F)c1)[C@H](CC(F)(F)F)N(CC1c2ccccc2-c2ccccc21)C(=O)O. The molecular weight excluding hydrogens is 755 g/mol. The molecule has 56 heavy (non-hydrogen) atoms. The van der Waals surface area contributed by atoms with Gasteiger partial charge in [0.1, 0.15) is 23.4 Å². The maximum absolute atomic E-state index is 15.4. The molecule has 0 saturated heterocycles. The van der Waals surface area contributed by atoms with Gasteiger partial charge in [0.05, 0.1) is 12.0 Å². The normalized spacial score (nSPS) is 14.4. The van der Waals surface area contributed by atoms with Crippen LogP contribution in [0, 0.1) is 11.6 Å².